The predicted molar refractivity (Wildman–Crippen MR) is 98.8 cm³/mol. The molecule has 2 N–H and O–H groups in total. The number of hydrogen-bond acceptors (Lipinski definition) is 6. The molecule has 0 aliphatic carbocycles. The lowest BCUT2D eigenvalue weighted by atomic mass is 10.1. The van der Waals surface area contributed by atoms with Crippen LogP contribution < -0.4 is 5.69 Å². The number of ether oxygens (including phenoxy) is 1. The third-order valence-electron chi connectivity index (χ3n) is 5.17. The minimum absolute atomic E-state index is 0.0301. The van der Waals surface area contributed by atoms with Crippen LogP contribution in [0.4, 0.5) is 0 Å². The number of carboxylic acid groups (broad SMARTS) is 1. The Balaban J connectivity index is 0.000000878. The first kappa shape index (κ1) is 21.5. The fourth-order valence-electron chi connectivity index (χ4n) is 3.67. The standard InChI is InChI=1S/C17H24N4O4.CH2O2/c1-10-12(11(2)19-17(24)18-10)4-5-16(23)21-8-13-14(9-21)25-7-6-15(22)20(13)3;2-1-3/h13-14H,4-9H2,1-3H3,(H,18,19,24);1H,(H,2,3)/t13-,14-;/m0./s1. The molecule has 3 rings (SSSR count). The molecular formula is C18H26N4O6. The number of carbonyl (C=O) groups excluding carboxylic acids is 2. The van der Waals surface area contributed by atoms with Crippen LogP contribution in [0.1, 0.15) is 29.8 Å². The summed E-state index contributed by atoms with van der Waals surface area (Å²) in [4.78, 5) is 54.3. The molecular weight excluding hydrogens is 368 g/mol. The van der Waals surface area contributed by atoms with Crippen molar-refractivity contribution in [3.63, 3.8) is 0 Å². The van der Waals surface area contributed by atoms with Crippen molar-refractivity contribution in [1.29, 1.82) is 0 Å². The van der Waals surface area contributed by atoms with Crippen LogP contribution in [0.3, 0.4) is 0 Å². The number of rotatable bonds is 3. The second-order valence-electron chi connectivity index (χ2n) is 6.87. The van der Waals surface area contributed by atoms with Crippen molar-refractivity contribution in [2.75, 3.05) is 26.7 Å². The first-order valence-corrected chi connectivity index (χ1v) is 9.07. The van der Waals surface area contributed by atoms with E-state index in [9.17, 15) is 14.4 Å². The summed E-state index contributed by atoms with van der Waals surface area (Å²) in [6.07, 6.45) is 1.15. The molecule has 10 heteroatoms. The monoisotopic (exact) mass is 394 g/mol. The van der Waals surface area contributed by atoms with Crippen LogP contribution in [-0.2, 0) is 25.5 Å². The van der Waals surface area contributed by atoms with E-state index in [1.54, 1.807) is 23.8 Å². The molecule has 2 atom stereocenters. The topological polar surface area (TPSA) is 133 Å². The van der Waals surface area contributed by atoms with Gasteiger partial charge in [0.1, 0.15) is 0 Å². The first-order valence-electron chi connectivity index (χ1n) is 9.07. The van der Waals surface area contributed by atoms with E-state index in [-0.39, 0.29) is 36.1 Å². The smallest absolute Gasteiger partial charge is 0.345 e. The van der Waals surface area contributed by atoms with Crippen molar-refractivity contribution in [3.8, 4) is 0 Å². The van der Waals surface area contributed by atoms with Gasteiger partial charge in [0.2, 0.25) is 11.8 Å². The van der Waals surface area contributed by atoms with Crippen molar-refractivity contribution in [2.24, 2.45) is 0 Å². The van der Waals surface area contributed by atoms with Crippen LogP contribution in [0.25, 0.3) is 0 Å². The summed E-state index contributed by atoms with van der Waals surface area (Å²) in [5, 5.41) is 6.89. The summed E-state index contributed by atoms with van der Waals surface area (Å²) in [7, 11) is 1.78. The maximum Gasteiger partial charge on any atom is 0.345 e. The number of H-pyrrole nitrogens is 1. The van der Waals surface area contributed by atoms with Gasteiger partial charge in [0, 0.05) is 37.9 Å². The second kappa shape index (κ2) is 9.45. The summed E-state index contributed by atoms with van der Waals surface area (Å²) in [5.74, 6) is 0.0925. The number of likely N-dealkylation sites (N-methyl/N-ethyl adjacent to an activating group) is 1. The highest BCUT2D eigenvalue weighted by molar-refractivity contribution is 5.79. The van der Waals surface area contributed by atoms with E-state index >= 15 is 0 Å². The van der Waals surface area contributed by atoms with Gasteiger partial charge < -0.3 is 24.6 Å². The summed E-state index contributed by atoms with van der Waals surface area (Å²) in [6.45, 7) is 4.78. The van der Waals surface area contributed by atoms with Gasteiger partial charge in [0.05, 0.1) is 25.2 Å². The van der Waals surface area contributed by atoms with Crippen molar-refractivity contribution in [3.05, 3.63) is 27.4 Å². The lowest BCUT2D eigenvalue weighted by Gasteiger charge is -2.25. The lowest BCUT2D eigenvalue weighted by Crippen LogP contribution is -2.43. The third kappa shape index (κ3) is 4.94. The summed E-state index contributed by atoms with van der Waals surface area (Å²) in [5.41, 5.74) is 1.96. The van der Waals surface area contributed by atoms with E-state index in [2.05, 4.69) is 9.97 Å². The number of fused-ring (bicyclic) bond motifs is 1. The van der Waals surface area contributed by atoms with Crippen LogP contribution in [0.15, 0.2) is 4.79 Å². The van der Waals surface area contributed by atoms with Crippen LogP contribution in [0.2, 0.25) is 0 Å². The number of aromatic nitrogens is 2. The zero-order valence-corrected chi connectivity index (χ0v) is 16.3. The van der Waals surface area contributed by atoms with E-state index in [0.717, 1.165) is 11.3 Å². The largest absolute Gasteiger partial charge is 0.483 e. The molecule has 1 aromatic heterocycles. The Morgan fingerprint density at radius 3 is 2.68 bits per heavy atom. The van der Waals surface area contributed by atoms with Gasteiger partial charge in [-0.2, -0.15) is 4.98 Å². The number of aryl methyl sites for hydroxylation is 2. The molecule has 3 heterocycles. The third-order valence-corrected chi connectivity index (χ3v) is 5.17. The molecule has 154 valence electrons. The van der Waals surface area contributed by atoms with Gasteiger partial charge in [-0.25, -0.2) is 4.79 Å². The van der Waals surface area contributed by atoms with Crippen LogP contribution in [-0.4, -0.2) is 82.1 Å². The number of likely N-dealkylation sites (tertiary alicyclic amines) is 1. The Bertz CT molecular complexity index is 767. The fourth-order valence-corrected chi connectivity index (χ4v) is 3.67. The number of amides is 2. The number of aromatic amines is 1. The van der Waals surface area contributed by atoms with Gasteiger partial charge in [-0.15, -0.1) is 0 Å². The van der Waals surface area contributed by atoms with Crippen LogP contribution in [0.5, 0.6) is 0 Å². The maximum absolute atomic E-state index is 12.6. The Labute approximate surface area is 162 Å². The Morgan fingerprint density at radius 2 is 2.04 bits per heavy atom. The molecule has 0 spiro atoms. The van der Waals surface area contributed by atoms with E-state index in [4.69, 9.17) is 14.6 Å². The molecule has 2 fully saturated rings. The van der Waals surface area contributed by atoms with Crippen molar-refractivity contribution in [1.82, 2.24) is 19.8 Å². The average Bonchev–Trinajstić information content (AvgIpc) is 2.99. The van der Waals surface area contributed by atoms with E-state index in [0.29, 0.717) is 44.7 Å². The molecule has 2 saturated heterocycles. The molecule has 28 heavy (non-hydrogen) atoms. The molecule has 0 bridgehead atoms. The van der Waals surface area contributed by atoms with Crippen molar-refractivity contribution in [2.45, 2.75) is 45.3 Å². The SMILES string of the molecule is Cc1nc(=O)[nH]c(C)c1CCC(=O)N1C[C@@H]2OCCC(=O)N(C)[C@H]2C1.O=CO. The fraction of sp³-hybridized carbons (Fsp3) is 0.611. The molecule has 2 aliphatic rings. The van der Waals surface area contributed by atoms with Gasteiger partial charge in [-0.3, -0.25) is 14.4 Å². The molecule has 0 saturated carbocycles. The Kier molecular flexibility index (Phi) is 7.27. The quantitative estimate of drug-likeness (QED) is 0.659. The molecule has 10 nitrogen and oxygen atoms in total. The minimum Gasteiger partial charge on any atom is -0.483 e. The van der Waals surface area contributed by atoms with Gasteiger partial charge in [-0.05, 0) is 25.8 Å². The molecule has 2 amide bonds. The normalized spacial score (nSPS) is 21.5. The summed E-state index contributed by atoms with van der Waals surface area (Å²) in [6, 6.07) is -0.0721. The zero-order valence-electron chi connectivity index (χ0n) is 16.3. The summed E-state index contributed by atoms with van der Waals surface area (Å²) >= 11 is 0. The second-order valence-corrected chi connectivity index (χ2v) is 6.87. The van der Waals surface area contributed by atoms with Crippen LogP contribution >= 0.6 is 0 Å². The lowest BCUT2D eigenvalue weighted by molar-refractivity contribution is -0.133. The first-order chi connectivity index (χ1) is 13.3. The highest BCUT2D eigenvalue weighted by Gasteiger charge is 2.41. The van der Waals surface area contributed by atoms with Crippen molar-refractivity contribution >= 4 is 18.3 Å². The maximum atomic E-state index is 12.6. The number of nitrogens with one attached hydrogen (secondary N) is 1. The van der Waals surface area contributed by atoms with Crippen LogP contribution in [0, 0.1) is 13.8 Å². The minimum atomic E-state index is -0.366. The van der Waals surface area contributed by atoms with E-state index in [1.165, 1.54) is 0 Å². The Hall–Kier alpha value is -2.75. The zero-order chi connectivity index (χ0) is 20.8. The van der Waals surface area contributed by atoms with Gasteiger partial charge in [0.25, 0.3) is 6.47 Å². The molecule has 0 aromatic carbocycles. The Morgan fingerprint density at radius 1 is 1.36 bits per heavy atom. The predicted octanol–water partition coefficient (Wildman–Crippen LogP) is -0.522. The molecule has 0 unspecified atom stereocenters. The number of hydrogen-bond donors (Lipinski definition) is 2. The molecule has 2 aliphatic heterocycles. The van der Waals surface area contributed by atoms with Gasteiger partial charge in [0.15, 0.2) is 0 Å². The van der Waals surface area contributed by atoms with Gasteiger partial charge >= 0.3 is 5.69 Å². The summed E-state index contributed by atoms with van der Waals surface area (Å²) < 4.78 is 5.76. The number of nitrogens with zero attached hydrogens (tertiary/aromatic N) is 3. The van der Waals surface area contributed by atoms with E-state index in [1.807, 2.05) is 6.92 Å². The molecule has 1 aromatic rings. The highest BCUT2D eigenvalue weighted by atomic mass is 16.5. The average molecular weight is 394 g/mol. The van der Waals surface area contributed by atoms with E-state index < -0.39 is 0 Å². The highest BCUT2D eigenvalue weighted by Crippen LogP contribution is 2.23. The molecule has 0 radical (unpaired) electrons. The number of carbonyl (C=O) groups is 3. The van der Waals surface area contributed by atoms with Gasteiger partial charge in [-0.1, -0.05) is 0 Å². The van der Waals surface area contributed by atoms with Crippen molar-refractivity contribution < 1.29 is 24.2 Å².